The predicted octanol–water partition coefficient (Wildman–Crippen LogP) is 2.82. The summed E-state index contributed by atoms with van der Waals surface area (Å²) in [5.74, 6) is -0.774. The molecule has 1 aliphatic rings. The van der Waals surface area contributed by atoms with Crippen LogP contribution in [0.25, 0.3) is 0 Å². The molecule has 0 bridgehead atoms. The second-order valence-corrected chi connectivity index (χ2v) is 8.52. The minimum atomic E-state index is -3.03. The van der Waals surface area contributed by atoms with E-state index >= 15 is 0 Å². The van der Waals surface area contributed by atoms with E-state index in [1.54, 1.807) is 13.0 Å². The summed E-state index contributed by atoms with van der Waals surface area (Å²) in [5.41, 5.74) is 1.04. The molecule has 3 rings (SSSR count). The number of aromatic nitrogens is 2. The Bertz CT molecular complexity index is 921. The van der Waals surface area contributed by atoms with Crippen LogP contribution in [0.15, 0.2) is 24.3 Å². The van der Waals surface area contributed by atoms with Gasteiger partial charge in [-0.3, -0.25) is 0 Å². The highest BCUT2D eigenvalue weighted by Gasteiger charge is 2.33. The van der Waals surface area contributed by atoms with Crippen molar-refractivity contribution in [2.45, 2.75) is 26.3 Å². The van der Waals surface area contributed by atoms with Crippen molar-refractivity contribution in [2.75, 3.05) is 28.3 Å². The van der Waals surface area contributed by atoms with Gasteiger partial charge in [0.2, 0.25) is 5.95 Å². The van der Waals surface area contributed by atoms with Crippen LogP contribution >= 0.6 is 0 Å². The van der Waals surface area contributed by atoms with Crippen molar-refractivity contribution >= 4 is 27.3 Å². The second-order valence-electron chi connectivity index (χ2n) is 6.29. The quantitative estimate of drug-likeness (QED) is 0.857. The number of benzene rings is 1. The maximum atomic E-state index is 13.4. The Balaban J connectivity index is 1.87. The van der Waals surface area contributed by atoms with Gasteiger partial charge in [-0.1, -0.05) is 0 Å². The lowest BCUT2D eigenvalue weighted by Gasteiger charge is -2.27. The van der Waals surface area contributed by atoms with Crippen molar-refractivity contribution in [2.24, 2.45) is 0 Å². The van der Waals surface area contributed by atoms with Gasteiger partial charge in [-0.15, -0.1) is 0 Å². The summed E-state index contributed by atoms with van der Waals surface area (Å²) in [7, 11) is -3.03. The molecule has 1 unspecified atom stereocenters. The third-order valence-electron chi connectivity index (χ3n) is 4.28. The number of sulfone groups is 1. The summed E-state index contributed by atoms with van der Waals surface area (Å²) in [6.07, 6.45) is 0.541. The third kappa shape index (κ3) is 4.09. The van der Waals surface area contributed by atoms with Crippen LogP contribution in [-0.4, -0.2) is 42.5 Å². The molecule has 1 aromatic heterocycles. The first-order chi connectivity index (χ1) is 12.3. The van der Waals surface area contributed by atoms with Crippen LogP contribution in [0.3, 0.4) is 0 Å². The minimum absolute atomic E-state index is 0.0874. The van der Waals surface area contributed by atoms with Crippen LogP contribution in [-0.2, 0) is 9.84 Å². The Hall–Kier alpha value is -2.29. The summed E-state index contributed by atoms with van der Waals surface area (Å²) >= 11 is 0. The van der Waals surface area contributed by atoms with Gasteiger partial charge in [0, 0.05) is 36.1 Å². The van der Waals surface area contributed by atoms with E-state index in [2.05, 4.69) is 15.3 Å². The third-order valence-corrected chi connectivity index (χ3v) is 6.03. The van der Waals surface area contributed by atoms with Crippen molar-refractivity contribution < 1.29 is 17.2 Å². The van der Waals surface area contributed by atoms with Gasteiger partial charge in [0.05, 0.1) is 11.5 Å². The van der Waals surface area contributed by atoms with Crippen molar-refractivity contribution in [1.82, 2.24) is 9.97 Å². The number of halogens is 2. The molecule has 2 aromatic rings. The molecule has 1 N–H and O–H groups in total. The summed E-state index contributed by atoms with van der Waals surface area (Å²) in [5, 5.41) is 2.94. The molecule has 1 aliphatic heterocycles. The normalized spacial score (nSPS) is 18.7. The second kappa shape index (κ2) is 7.14. The monoisotopic (exact) mass is 382 g/mol. The zero-order chi connectivity index (χ0) is 18.9. The van der Waals surface area contributed by atoms with Gasteiger partial charge >= 0.3 is 0 Å². The molecule has 0 saturated carbocycles. The Morgan fingerprint density at radius 1 is 1.23 bits per heavy atom. The Morgan fingerprint density at radius 3 is 2.62 bits per heavy atom. The topological polar surface area (TPSA) is 75.2 Å². The van der Waals surface area contributed by atoms with E-state index in [0.29, 0.717) is 36.1 Å². The van der Waals surface area contributed by atoms with Crippen LogP contribution in [0.5, 0.6) is 0 Å². The first-order valence-corrected chi connectivity index (χ1v) is 10.1. The van der Waals surface area contributed by atoms with Crippen LogP contribution in [0, 0.1) is 18.6 Å². The average molecular weight is 382 g/mol. The molecule has 0 amide bonds. The average Bonchev–Trinajstić information content (AvgIpc) is 2.91. The lowest BCUT2D eigenvalue weighted by Crippen LogP contribution is -2.37. The van der Waals surface area contributed by atoms with Gasteiger partial charge in [-0.25, -0.2) is 22.2 Å². The smallest absolute Gasteiger partial charge is 0.227 e. The van der Waals surface area contributed by atoms with Gasteiger partial charge in [-0.05, 0) is 32.4 Å². The zero-order valence-electron chi connectivity index (χ0n) is 14.5. The molecule has 9 heteroatoms. The van der Waals surface area contributed by atoms with Gasteiger partial charge in [0.1, 0.15) is 5.82 Å². The summed E-state index contributed by atoms with van der Waals surface area (Å²) in [4.78, 5) is 10.7. The number of nitrogens with one attached hydrogen (secondary N) is 1. The summed E-state index contributed by atoms with van der Waals surface area (Å²) in [6, 6.07) is 5.02. The number of anilines is 3. The molecule has 1 saturated heterocycles. The van der Waals surface area contributed by atoms with Crippen molar-refractivity contribution in [3.63, 3.8) is 0 Å². The molecule has 1 fully saturated rings. The van der Waals surface area contributed by atoms with Gasteiger partial charge in [0.25, 0.3) is 0 Å². The molecule has 0 aliphatic carbocycles. The van der Waals surface area contributed by atoms with Crippen molar-refractivity contribution in [1.29, 1.82) is 0 Å². The zero-order valence-corrected chi connectivity index (χ0v) is 15.4. The lowest BCUT2D eigenvalue weighted by atomic mass is 10.2. The van der Waals surface area contributed by atoms with E-state index in [4.69, 9.17) is 0 Å². The van der Waals surface area contributed by atoms with Crippen molar-refractivity contribution in [3.8, 4) is 0 Å². The first kappa shape index (κ1) is 18.5. The van der Waals surface area contributed by atoms with E-state index in [1.165, 1.54) is 6.07 Å². The van der Waals surface area contributed by atoms with E-state index in [9.17, 15) is 17.2 Å². The molecule has 0 radical (unpaired) electrons. The SMILES string of the molecule is CCN(c1nc(C)cc(Nc2ccc(F)c(F)c2)n1)C1CCS(=O)(=O)C1. The molecular weight excluding hydrogens is 362 g/mol. The highest BCUT2D eigenvalue weighted by molar-refractivity contribution is 7.91. The van der Waals surface area contributed by atoms with Crippen LogP contribution in [0.4, 0.5) is 26.2 Å². The maximum absolute atomic E-state index is 13.4. The fraction of sp³-hybridized carbons (Fsp3) is 0.412. The van der Waals surface area contributed by atoms with Crippen molar-refractivity contribution in [3.05, 3.63) is 41.6 Å². The standard InChI is InChI=1S/C17H20F2N4O2S/c1-3-23(13-6-7-26(24,25)10-13)17-20-11(2)8-16(22-17)21-12-4-5-14(18)15(19)9-12/h4-5,8-9,13H,3,6-7,10H2,1-2H3,(H,20,21,22). The number of nitrogens with zero attached hydrogens (tertiary/aromatic N) is 3. The lowest BCUT2D eigenvalue weighted by molar-refractivity contribution is 0.509. The highest BCUT2D eigenvalue weighted by atomic mass is 32.2. The number of aryl methyl sites for hydroxylation is 1. The minimum Gasteiger partial charge on any atom is -0.340 e. The van der Waals surface area contributed by atoms with Crippen LogP contribution in [0.2, 0.25) is 0 Å². The first-order valence-electron chi connectivity index (χ1n) is 8.32. The molecule has 2 heterocycles. The summed E-state index contributed by atoms with van der Waals surface area (Å²) < 4.78 is 50.0. The fourth-order valence-electron chi connectivity index (χ4n) is 3.05. The molecule has 140 valence electrons. The van der Waals surface area contributed by atoms with Gasteiger partial charge < -0.3 is 10.2 Å². The van der Waals surface area contributed by atoms with Crippen LogP contribution in [0.1, 0.15) is 19.0 Å². The van der Waals surface area contributed by atoms with Gasteiger partial charge in [-0.2, -0.15) is 4.98 Å². The summed E-state index contributed by atoms with van der Waals surface area (Å²) in [6.45, 7) is 4.27. The largest absolute Gasteiger partial charge is 0.340 e. The number of hydrogen-bond acceptors (Lipinski definition) is 6. The molecule has 0 spiro atoms. The Morgan fingerprint density at radius 2 is 2.00 bits per heavy atom. The Kier molecular flexibility index (Phi) is 5.08. The van der Waals surface area contributed by atoms with E-state index < -0.39 is 21.5 Å². The van der Waals surface area contributed by atoms with Gasteiger partial charge in [0.15, 0.2) is 21.5 Å². The fourth-order valence-corrected chi connectivity index (χ4v) is 4.78. The van der Waals surface area contributed by atoms with E-state index in [-0.39, 0.29) is 17.5 Å². The molecule has 6 nitrogen and oxygen atoms in total. The van der Waals surface area contributed by atoms with Crippen LogP contribution < -0.4 is 10.2 Å². The van der Waals surface area contributed by atoms with E-state index in [0.717, 1.165) is 12.1 Å². The predicted molar refractivity (Wildman–Crippen MR) is 96.5 cm³/mol. The Labute approximate surface area is 151 Å². The highest BCUT2D eigenvalue weighted by Crippen LogP contribution is 2.24. The molecule has 1 atom stereocenters. The molecule has 26 heavy (non-hydrogen) atoms. The van der Waals surface area contributed by atoms with E-state index in [1.807, 2.05) is 11.8 Å². The number of rotatable bonds is 5. The molecule has 1 aromatic carbocycles. The number of hydrogen-bond donors (Lipinski definition) is 1. The molecular formula is C17H20F2N4O2S. The maximum Gasteiger partial charge on any atom is 0.227 e.